The predicted molar refractivity (Wildman–Crippen MR) is 86.1 cm³/mol. The van der Waals surface area contributed by atoms with E-state index in [1.54, 1.807) is 30.5 Å². The van der Waals surface area contributed by atoms with Crippen LogP contribution in [0.25, 0.3) is 10.9 Å². The number of nitrogens with zero attached hydrogens (tertiary/aromatic N) is 1. The number of carbonyl (C=O) groups excluding carboxylic acids is 2. The van der Waals surface area contributed by atoms with Crippen LogP contribution in [0.15, 0.2) is 60.8 Å². The van der Waals surface area contributed by atoms with Crippen LogP contribution >= 0.6 is 0 Å². The van der Waals surface area contributed by atoms with E-state index in [0.717, 1.165) is 10.9 Å². The summed E-state index contributed by atoms with van der Waals surface area (Å²) in [6.45, 7) is 0. The van der Waals surface area contributed by atoms with Gasteiger partial charge < -0.3 is 14.5 Å². The molecule has 23 heavy (non-hydrogen) atoms. The second-order valence-corrected chi connectivity index (χ2v) is 5.58. The number of hydrogen-bond acceptors (Lipinski definition) is 3. The highest BCUT2D eigenvalue weighted by atomic mass is 16.4. The van der Waals surface area contributed by atoms with Crippen molar-refractivity contribution in [3.05, 3.63) is 71.9 Å². The van der Waals surface area contributed by atoms with Crippen LogP contribution in [0.4, 0.5) is 0 Å². The maximum Gasteiger partial charge on any atom is 0.163 e. The van der Waals surface area contributed by atoms with Crippen LogP contribution < -0.4 is 5.11 Å². The van der Waals surface area contributed by atoms with Crippen LogP contribution in [0.1, 0.15) is 28.3 Å². The predicted octanol–water partition coefficient (Wildman–Crippen LogP) is 2.28. The Labute approximate surface area is 134 Å². The molecular formula is C19H16NO3-. The number of aromatic nitrogens is 1. The van der Waals surface area contributed by atoms with Crippen molar-refractivity contribution >= 4 is 22.7 Å². The first-order valence-electron chi connectivity index (χ1n) is 7.41. The van der Waals surface area contributed by atoms with Crippen molar-refractivity contribution in [2.24, 2.45) is 7.05 Å². The summed E-state index contributed by atoms with van der Waals surface area (Å²) < 4.78 is 1.87. The second-order valence-electron chi connectivity index (χ2n) is 5.58. The first-order chi connectivity index (χ1) is 11.1. The number of carboxylic acid groups (broad SMARTS) is 1. The molecule has 0 aliphatic heterocycles. The van der Waals surface area contributed by atoms with Gasteiger partial charge in [-0.2, -0.15) is 0 Å². The van der Waals surface area contributed by atoms with Crippen molar-refractivity contribution in [3.8, 4) is 0 Å². The number of hydrogen-bond donors (Lipinski definition) is 0. The summed E-state index contributed by atoms with van der Waals surface area (Å²) in [5.41, 5.74) is 2.06. The van der Waals surface area contributed by atoms with Gasteiger partial charge in [-0.05, 0) is 11.6 Å². The summed E-state index contributed by atoms with van der Waals surface area (Å²) >= 11 is 0. The van der Waals surface area contributed by atoms with E-state index < -0.39 is 11.9 Å². The fourth-order valence-electron chi connectivity index (χ4n) is 2.90. The average molecular weight is 306 g/mol. The molecule has 3 aromatic rings. The quantitative estimate of drug-likeness (QED) is 0.679. The van der Waals surface area contributed by atoms with Crippen molar-refractivity contribution in [2.45, 2.75) is 12.3 Å². The minimum Gasteiger partial charge on any atom is -0.549 e. The van der Waals surface area contributed by atoms with E-state index in [2.05, 4.69) is 0 Å². The third kappa shape index (κ3) is 2.88. The molecule has 0 radical (unpaired) electrons. The van der Waals surface area contributed by atoms with Gasteiger partial charge in [0, 0.05) is 48.0 Å². The third-order valence-electron chi connectivity index (χ3n) is 4.07. The molecule has 0 aliphatic carbocycles. The Kier molecular flexibility index (Phi) is 3.98. The number of aryl methyl sites for hydroxylation is 1. The molecule has 0 unspecified atom stereocenters. The highest BCUT2D eigenvalue weighted by Gasteiger charge is 2.22. The maximum atomic E-state index is 12.4. The lowest BCUT2D eigenvalue weighted by Gasteiger charge is -2.17. The van der Waals surface area contributed by atoms with Gasteiger partial charge in [0.05, 0.1) is 0 Å². The summed E-state index contributed by atoms with van der Waals surface area (Å²) in [5.74, 6) is -2.40. The number of benzene rings is 2. The zero-order valence-electron chi connectivity index (χ0n) is 12.7. The molecule has 0 N–H and O–H groups in total. The van der Waals surface area contributed by atoms with Crippen LogP contribution in [0.3, 0.4) is 0 Å². The van der Waals surface area contributed by atoms with Crippen molar-refractivity contribution in [1.29, 1.82) is 0 Å². The number of para-hydroxylation sites is 1. The largest absolute Gasteiger partial charge is 0.549 e. The first-order valence-corrected chi connectivity index (χ1v) is 7.41. The molecule has 0 saturated heterocycles. The number of carboxylic acids is 1. The molecule has 0 spiro atoms. The molecule has 2 aromatic carbocycles. The van der Waals surface area contributed by atoms with Gasteiger partial charge in [0.15, 0.2) is 5.78 Å². The molecule has 116 valence electrons. The lowest BCUT2D eigenvalue weighted by atomic mass is 9.91. The van der Waals surface area contributed by atoms with Gasteiger partial charge in [0.25, 0.3) is 0 Å². The fourth-order valence-corrected chi connectivity index (χ4v) is 2.90. The number of fused-ring (bicyclic) bond motifs is 1. The van der Waals surface area contributed by atoms with Gasteiger partial charge in [-0.15, -0.1) is 0 Å². The van der Waals surface area contributed by atoms with Gasteiger partial charge in [0.2, 0.25) is 0 Å². The smallest absolute Gasteiger partial charge is 0.163 e. The number of ketones is 1. The molecule has 3 rings (SSSR count). The molecule has 1 atom stereocenters. The normalized spacial score (nSPS) is 12.2. The highest BCUT2D eigenvalue weighted by Crippen LogP contribution is 2.30. The van der Waals surface area contributed by atoms with Crippen LogP contribution in [-0.2, 0) is 11.8 Å². The summed E-state index contributed by atoms with van der Waals surface area (Å²) in [7, 11) is 1.86. The molecule has 0 saturated carbocycles. The molecule has 1 heterocycles. The number of aliphatic carboxylic acids is 1. The molecule has 0 bridgehead atoms. The Morgan fingerprint density at radius 2 is 1.70 bits per heavy atom. The fraction of sp³-hybridized carbons (Fsp3) is 0.158. The van der Waals surface area contributed by atoms with E-state index in [-0.39, 0.29) is 12.2 Å². The highest BCUT2D eigenvalue weighted by molar-refractivity contribution is 6.00. The summed E-state index contributed by atoms with van der Waals surface area (Å²) in [5, 5.41) is 12.5. The number of carbonyl (C=O) groups is 2. The number of Topliss-reactive ketones (excluding diaryl/α,β-unsaturated/α-hetero) is 1. The summed E-state index contributed by atoms with van der Waals surface area (Å²) in [6.07, 6.45) is 1.66. The third-order valence-corrected chi connectivity index (χ3v) is 4.07. The SMILES string of the molecule is Cn1cc([C@@H](CC(=O)c2ccccc2)C(=O)[O-])c2ccccc21. The van der Waals surface area contributed by atoms with Crippen molar-refractivity contribution in [1.82, 2.24) is 4.57 Å². The molecule has 4 heteroatoms. The standard InChI is InChI=1S/C19H17NO3/c1-20-12-16(14-9-5-6-10-17(14)20)15(19(22)23)11-18(21)13-7-3-2-4-8-13/h2-10,12,15H,11H2,1H3,(H,22,23)/p-1/t15-/m1/s1. The summed E-state index contributed by atoms with van der Waals surface area (Å²) in [6, 6.07) is 16.3. The minimum atomic E-state index is -1.23. The zero-order chi connectivity index (χ0) is 16.4. The van der Waals surface area contributed by atoms with E-state index in [1.807, 2.05) is 41.9 Å². The maximum absolute atomic E-state index is 12.4. The topological polar surface area (TPSA) is 62.1 Å². The van der Waals surface area contributed by atoms with Crippen LogP contribution in [-0.4, -0.2) is 16.3 Å². The Hall–Kier alpha value is -2.88. The average Bonchev–Trinajstić information content (AvgIpc) is 2.90. The monoisotopic (exact) mass is 306 g/mol. The van der Waals surface area contributed by atoms with Crippen LogP contribution in [0, 0.1) is 0 Å². The molecule has 4 nitrogen and oxygen atoms in total. The lowest BCUT2D eigenvalue weighted by molar-refractivity contribution is -0.307. The Balaban J connectivity index is 1.99. The Bertz CT molecular complexity index is 865. The van der Waals surface area contributed by atoms with E-state index in [4.69, 9.17) is 0 Å². The lowest BCUT2D eigenvalue weighted by Crippen LogP contribution is -2.31. The van der Waals surface area contributed by atoms with Gasteiger partial charge in [0.1, 0.15) is 0 Å². The van der Waals surface area contributed by atoms with E-state index in [1.165, 1.54) is 0 Å². The second kappa shape index (κ2) is 6.08. The minimum absolute atomic E-state index is 0.111. The van der Waals surface area contributed by atoms with Crippen molar-refractivity contribution < 1.29 is 14.7 Å². The molecule has 1 aromatic heterocycles. The van der Waals surface area contributed by atoms with Crippen molar-refractivity contribution in [3.63, 3.8) is 0 Å². The van der Waals surface area contributed by atoms with E-state index in [0.29, 0.717) is 11.1 Å². The van der Waals surface area contributed by atoms with Crippen molar-refractivity contribution in [2.75, 3.05) is 0 Å². The zero-order valence-corrected chi connectivity index (χ0v) is 12.7. The Morgan fingerprint density at radius 1 is 1.04 bits per heavy atom. The first kappa shape index (κ1) is 15.0. The van der Waals surface area contributed by atoms with E-state index in [9.17, 15) is 14.7 Å². The van der Waals surface area contributed by atoms with Gasteiger partial charge in [-0.3, -0.25) is 4.79 Å². The molecule has 0 fully saturated rings. The summed E-state index contributed by atoms with van der Waals surface area (Å²) in [4.78, 5) is 24.0. The molecular weight excluding hydrogens is 290 g/mol. The molecule has 0 amide bonds. The van der Waals surface area contributed by atoms with E-state index >= 15 is 0 Å². The van der Waals surface area contributed by atoms with Gasteiger partial charge in [-0.1, -0.05) is 48.5 Å². The van der Waals surface area contributed by atoms with Crippen LogP contribution in [0.5, 0.6) is 0 Å². The molecule has 0 aliphatic rings. The van der Waals surface area contributed by atoms with Gasteiger partial charge >= 0.3 is 0 Å². The van der Waals surface area contributed by atoms with Crippen LogP contribution in [0.2, 0.25) is 0 Å². The Morgan fingerprint density at radius 3 is 2.39 bits per heavy atom. The van der Waals surface area contributed by atoms with Gasteiger partial charge in [-0.25, -0.2) is 0 Å². The number of rotatable bonds is 5.